The third kappa shape index (κ3) is 5.88. The number of carbonyl (C=O) groups excluding carboxylic acids is 1. The molecule has 8 heteroatoms. The number of phenols is 1. The molecule has 2 aromatic carbocycles. The number of aliphatic imine (C=N–C) groups is 1. The molecule has 3 aromatic rings. The van der Waals surface area contributed by atoms with Crippen LogP contribution < -0.4 is 9.54 Å². The maximum absolute atomic E-state index is 13.1. The predicted octanol–water partition coefficient (Wildman–Crippen LogP) is 3.26. The minimum absolute atomic E-state index is 0.0571. The number of nitrogens with zero attached hydrogens (tertiary/aromatic N) is 4. The van der Waals surface area contributed by atoms with Crippen LogP contribution in [0.4, 0.5) is 0 Å². The highest BCUT2D eigenvalue weighted by molar-refractivity contribution is 7.08. The van der Waals surface area contributed by atoms with Crippen molar-refractivity contribution in [2.45, 2.75) is 26.3 Å². The number of hydrogen-bond acceptors (Lipinski definition) is 6. The van der Waals surface area contributed by atoms with Crippen LogP contribution in [0.25, 0.3) is 0 Å². The molecular weight excluding hydrogens is 412 g/mol. The molecule has 0 radical (unpaired) electrons. The Bertz CT molecular complexity index is 1120. The first-order valence-corrected chi connectivity index (χ1v) is 10.8. The van der Waals surface area contributed by atoms with Gasteiger partial charge in [0.2, 0.25) is 4.80 Å². The molecule has 31 heavy (non-hydrogen) atoms. The number of aromatic hydroxyl groups is 1. The summed E-state index contributed by atoms with van der Waals surface area (Å²) in [6.45, 7) is 2.58. The number of carbonyl (C=O) groups is 1. The van der Waals surface area contributed by atoms with E-state index < -0.39 is 5.92 Å². The SMILES string of the molecule is CCc1nn(Cc2ccccc2)c(=NC(=O)C(C=NC)Cc2ccc(O)c(OC)c2)s1. The smallest absolute Gasteiger partial charge is 0.257 e. The molecule has 0 saturated heterocycles. The van der Waals surface area contributed by atoms with E-state index in [-0.39, 0.29) is 11.7 Å². The molecule has 0 bridgehead atoms. The molecule has 0 aliphatic heterocycles. The van der Waals surface area contributed by atoms with Gasteiger partial charge in [0, 0.05) is 13.3 Å². The number of ether oxygens (including phenoxy) is 1. The highest BCUT2D eigenvalue weighted by Crippen LogP contribution is 2.27. The van der Waals surface area contributed by atoms with E-state index in [2.05, 4.69) is 15.1 Å². The molecule has 3 rings (SSSR count). The quantitative estimate of drug-likeness (QED) is 0.547. The van der Waals surface area contributed by atoms with Crippen molar-refractivity contribution in [1.82, 2.24) is 9.78 Å². The van der Waals surface area contributed by atoms with Crippen LogP contribution in [0.1, 0.15) is 23.1 Å². The van der Waals surface area contributed by atoms with Crippen molar-refractivity contribution in [2.75, 3.05) is 14.2 Å². The van der Waals surface area contributed by atoms with E-state index in [0.29, 0.717) is 23.5 Å². The van der Waals surface area contributed by atoms with Crippen molar-refractivity contribution in [3.63, 3.8) is 0 Å². The Morgan fingerprint density at radius 3 is 2.71 bits per heavy atom. The zero-order valence-corrected chi connectivity index (χ0v) is 18.7. The van der Waals surface area contributed by atoms with Gasteiger partial charge in [0.25, 0.3) is 5.91 Å². The van der Waals surface area contributed by atoms with E-state index in [1.807, 2.05) is 37.3 Å². The summed E-state index contributed by atoms with van der Waals surface area (Å²) in [5.74, 6) is -0.395. The molecular formula is C23H26N4O3S. The second kappa shape index (κ2) is 10.7. The van der Waals surface area contributed by atoms with E-state index in [9.17, 15) is 9.90 Å². The summed E-state index contributed by atoms with van der Waals surface area (Å²) in [6.07, 6.45) is 2.78. The van der Waals surface area contributed by atoms with E-state index in [1.165, 1.54) is 18.4 Å². The van der Waals surface area contributed by atoms with E-state index in [1.54, 1.807) is 36.1 Å². The Labute approximate surface area is 185 Å². The van der Waals surface area contributed by atoms with Crippen LogP contribution >= 0.6 is 11.3 Å². The zero-order valence-electron chi connectivity index (χ0n) is 17.9. The van der Waals surface area contributed by atoms with Gasteiger partial charge in [-0.25, -0.2) is 4.68 Å². The number of aryl methyl sites for hydroxylation is 1. The Morgan fingerprint density at radius 2 is 2.03 bits per heavy atom. The minimum atomic E-state index is -0.531. The van der Waals surface area contributed by atoms with E-state index >= 15 is 0 Å². The van der Waals surface area contributed by atoms with E-state index in [4.69, 9.17) is 4.74 Å². The largest absolute Gasteiger partial charge is 0.504 e. The fraction of sp³-hybridized carbons (Fsp3) is 0.304. The Morgan fingerprint density at radius 1 is 1.26 bits per heavy atom. The van der Waals surface area contributed by atoms with Crippen LogP contribution in [-0.4, -0.2) is 41.2 Å². The second-order valence-corrected chi connectivity index (χ2v) is 7.99. The van der Waals surface area contributed by atoms with Gasteiger partial charge in [0.1, 0.15) is 5.01 Å². The lowest BCUT2D eigenvalue weighted by molar-refractivity contribution is -0.119. The summed E-state index contributed by atoms with van der Waals surface area (Å²) in [4.78, 5) is 22.1. The Hall–Kier alpha value is -3.26. The van der Waals surface area contributed by atoms with Crippen molar-refractivity contribution in [2.24, 2.45) is 15.9 Å². The van der Waals surface area contributed by atoms with Gasteiger partial charge in [-0.15, -0.1) is 0 Å². The maximum Gasteiger partial charge on any atom is 0.257 e. The van der Waals surface area contributed by atoms with Gasteiger partial charge in [0.15, 0.2) is 11.5 Å². The molecule has 1 amide bonds. The molecule has 0 saturated carbocycles. The van der Waals surface area contributed by atoms with Crippen LogP contribution in [0.2, 0.25) is 0 Å². The molecule has 0 spiro atoms. The first kappa shape index (κ1) is 22.4. The third-order valence-electron chi connectivity index (χ3n) is 4.69. The van der Waals surface area contributed by atoms with E-state index in [0.717, 1.165) is 22.6 Å². The van der Waals surface area contributed by atoms with Crippen LogP contribution in [0.3, 0.4) is 0 Å². The standard InChI is InChI=1S/C23H26N4O3S/c1-4-21-26-27(15-16-8-6-5-7-9-16)23(31-21)25-22(29)18(14-24-2)12-17-10-11-19(28)20(13-17)30-3/h5-11,13-14,18,28H,4,12,15H2,1-3H3. The highest BCUT2D eigenvalue weighted by Gasteiger charge is 2.18. The number of hydrogen-bond donors (Lipinski definition) is 1. The van der Waals surface area contributed by atoms with Gasteiger partial charge in [-0.1, -0.05) is 54.7 Å². The molecule has 1 atom stereocenters. The second-order valence-electron chi connectivity index (χ2n) is 6.95. The normalized spacial score (nSPS) is 12.9. The molecule has 0 fully saturated rings. The average molecular weight is 439 g/mol. The summed E-state index contributed by atoms with van der Waals surface area (Å²) in [6, 6.07) is 15.0. The van der Waals surface area contributed by atoms with Crippen molar-refractivity contribution in [3.05, 3.63) is 69.5 Å². The Kier molecular flexibility index (Phi) is 7.72. The van der Waals surface area contributed by atoms with Crippen LogP contribution in [0.15, 0.2) is 58.5 Å². The average Bonchev–Trinajstić information content (AvgIpc) is 3.16. The van der Waals surface area contributed by atoms with Crippen LogP contribution in [-0.2, 0) is 24.2 Å². The fourth-order valence-corrected chi connectivity index (χ4v) is 3.94. The number of aromatic nitrogens is 2. The van der Waals surface area contributed by atoms with Gasteiger partial charge in [-0.2, -0.15) is 10.1 Å². The molecule has 0 aliphatic rings. The van der Waals surface area contributed by atoms with Crippen molar-refractivity contribution in [1.29, 1.82) is 0 Å². The summed E-state index contributed by atoms with van der Waals surface area (Å²) in [5, 5.41) is 15.3. The Balaban J connectivity index is 1.89. The lowest BCUT2D eigenvalue weighted by Gasteiger charge is -2.10. The number of methoxy groups -OCH3 is 1. The van der Waals surface area contributed by atoms with Gasteiger partial charge >= 0.3 is 0 Å². The molecule has 1 aromatic heterocycles. The molecule has 7 nitrogen and oxygen atoms in total. The van der Waals surface area contributed by atoms with Crippen molar-refractivity contribution in [3.8, 4) is 11.5 Å². The number of phenolic OH excluding ortho intramolecular Hbond substituents is 1. The third-order valence-corrected chi connectivity index (χ3v) is 5.78. The van der Waals surface area contributed by atoms with Crippen molar-refractivity contribution >= 4 is 23.5 Å². The summed E-state index contributed by atoms with van der Waals surface area (Å²) >= 11 is 1.42. The molecule has 0 aliphatic carbocycles. The number of benzene rings is 2. The van der Waals surface area contributed by atoms with Crippen molar-refractivity contribution < 1.29 is 14.6 Å². The fourth-order valence-electron chi connectivity index (χ4n) is 3.10. The number of amides is 1. The minimum Gasteiger partial charge on any atom is -0.504 e. The first-order valence-electron chi connectivity index (χ1n) is 10.0. The van der Waals surface area contributed by atoms with Gasteiger partial charge < -0.3 is 14.8 Å². The predicted molar refractivity (Wildman–Crippen MR) is 122 cm³/mol. The lowest BCUT2D eigenvalue weighted by atomic mass is 9.99. The molecule has 1 N–H and O–H groups in total. The zero-order chi connectivity index (χ0) is 22.2. The highest BCUT2D eigenvalue weighted by atomic mass is 32.1. The first-order chi connectivity index (χ1) is 15.0. The summed E-state index contributed by atoms with van der Waals surface area (Å²) in [7, 11) is 3.13. The monoisotopic (exact) mass is 438 g/mol. The molecule has 1 unspecified atom stereocenters. The summed E-state index contributed by atoms with van der Waals surface area (Å²) in [5.41, 5.74) is 1.94. The van der Waals surface area contributed by atoms with Gasteiger partial charge in [0.05, 0.1) is 19.6 Å². The number of rotatable bonds is 8. The maximum atomic E-state index is 13.1. The molecule has 162 valence electrons. The van der Waals surface area contributed by atoms with Crippen LogP contribution in [0, 0.1) is 5.92 Å². The topological polar surface area (TPSA) is 89.1 Å². The molecule has 1 heterocycles. The van der Waals surface area contributed by atoms with Crippen LogP contribution in [0.5, 0.6) is 11.5 Å². The summed E-state index contributed by atoms with van der Waals surface area (Å²) < 4.78 is 6.95. The van der Waals surface area contributed by atoms with Gasteiger partial charge in [-0.05, 0) is 36.1 Å². The lowest BCUT2D eigenvalue weighted by Crippen LogP contribution is -2.23. The van der Waals surface area contributed by atoms with Gasteiger partial charge in [-0.3, -0.25) is 4.79 Å².